The van der Waals surface area contributed by atoms with Crippen molar-refractivity contribution in [3.8, 4) is 11.5 Å². The molecule has 0 radical (unpaired) electrons. The zero-order valence-corrected chi connectivity index (χ0v) is 21.4. The fraction of sp³-hybridized carbons (Fsp3) is 0.462. The summed E-state index contributed by atoms with van der Waals surface area (Å²) in [6.07, 6.45) is -13.2. The smallest absolute Gasteiger partial charge is 0.482 e. The van der Waals surface area contributed by atoms with Gasteiger partial charge in [-0.2, -0.15) is 22.0 Å². The van der Waals surface area contributed by atoms with Crippen molar-refractivity contribution < 1.29 is 55.6 Å². The second-order valence-electron chi connectivity index (χ2n) is 8.32. The number of alkyl halides is 5. The molecule has 1 N–H and O–H groups in total. The molecule has 0 aliphatic carbocycles. The van der Waals surface area contributed by atoms with Crippen molar-refractivity contribution in [1.29, 1.82) is 0 Å². The number of benzene rings is 2. The maximum atomic E-state index is 13.0. The van der Waals surface area contributed by atoms with Crippen LogP contribution in [0.4, 0.5) is 26.7 Å². The van der Waals surface area contributed by atoms with Crippen LogP contribution in [0.5, 0.6) is 11.5 Å². The lowest BCUT2D eigenvalue weighted by Crippen LogP contribution is -2.41. The Bertz CT molecular complexity index is 1060. The van der Waals surface area contributed by atoms with E-state index in [0.717, 1.165) is 4.90 Å². The van der Waals surface area contributed by atoms with E-state index < -0.39 is 37.1 Å². The Morgan fingerprint density at radius 3 is 2.23 bits per heavy atom. The van der Waals surface area contributed by atoms with Crippen LogP contribution in [0.25, 0.3) is 0 Å². The molecule has 0 saturated heterocycles. The average Bonchev–Trinajstić information content (AvgIpc) is 2.86. The van der Waals surface area contributed by atoms with E-state index in [2.05, 4.69) is 4.74 Å². The molecule has 2 aromatic rings. The highest BCUT2D eigenvalue weighted by atomic mass is 19.4. The number of para-hydroxylation sites is 1. The number of ether oxygens (including phenoxy) is 4. The van der Waals surface area contributed by atoms with Crippen LogP contribution in [0.1, 0.15) is 24.5 Å². The Hall–Kier alpha value is -3.45. The summed E-state index contributed by atoms with van der Waals surface area (Å²) >= 11 is 0. The predicted molar refractivity (Wildman–Crippen MR) is 129 cm³/mol. The molecule has 0 aliphatic rings. The number of halogens is 5. The first-order valence-corrected chi connectivity index (χ1v) is 12.0. The highest BCUT2D eigenvalue weighted by Gasteiger charge is 2.59. The van der Waals surface area contributed by atoms with Gasteiger partial charge >= 0.3 is 24.3 Å². The van der Waals surface area contributed by atoms with E-state index in [0.29, 0.717) is 16.9 Å². The number of hydrogen-bond donors (Lipinski definition) is 1. The van der Waals surface area contributed by atoms with Crippen molar-refractivity contribution in [2.75, 3.05) is 32.9 Å². The molecule has 0 bridgehead atoms. The van der Waals surface area contributed by atoms with Gasteiger partial charge in [0.25, 0.3) is 0 Å². The topological polar surface area (TPSA) is 94.5 Å². The number of carboxylic acids is 1. The minimum Gasteiger partial charge on any atom is -0.492 e. The molecular weight excluding hydrogens is 533 g/mol. The molecule has 0 aliphatic heterocycles. The van der Waals surface area contributed by atoms with E-state index in [-0.39, 0.29) is 44.9 Å². The van der Waals surface area contributed by atoms with Crippen LogP contribution in [-0.4, -0.2) is 73.4 Å². The first-order chi connectivity index (χ1) is 18.3. The third kappa shape index (κ3) is 10.3. The summed E-state index contributed by atoms with van der Waals surface area (Å²) in [4.78, 5) is 25.1. The molecule has 1 atom stereocenters. The van der Waals surface area contributed by atoms with Gasteiger partial charge < -0.3 is 29.0 Å². The largest absolute Gasteiger partial charge is 0.492 e. The maximum Gasteiger partial charge on any atom is 0.482 e. The van der Waals surface area contributed by atoms with Crippen LogP contribution in [0, 0.1) is 6.92 Å². The molecule has 13 heteroatoms. The van der Waals surface area contributed by atoms with Gasteiger partial charge in [-0.15, -0.1) is 0 Å². The summed E-state index contributed by atoms with van der Waals surface area (Å²) in [5, 5.41) is 9.21. The predicted octanol–water partition coefficient (Wildman–Crippen LogP) is 5.47. The normalized spacial score (nSPS) is 12.6. The fourth-order valence-corrected chi connectivity index (χ4v) is 3.29. The first-order valence-electron chi connectivity index (χ1n) is 12.0. The number of amides is 1. The van der Waals surface area contributed by atoms with E-state index in [1.165, 1.54) is 0 Å². The van der Waals surface area contributed by atoms with Gasteiger partial charge in [-0.25, -0.2) is 9.59 Å². The maximum absolute atomic E-state index is 13.0. The molecular formula is C26H30F5NO7. The van der Waals surface area contributed by atoms with Gasteiger partial charge in [0.2, 0.25) is 0 Å². The number of carbonyl (C=O) groups is 2. The monoisotopic (exact) mass is 563 g/mol. The van der Waals surface area contributed by atoms with Crippen molar-refractivity contribution in [2.24, 2.45) is 0 Å². The molecule has 216 valence electrons. The van der Waals surface area contributed by atoms with Crippen LogP contribution in [0.3, 0.4) is 0 Å². The van der Waals surface area contributed by atoms with Crippen molar-refractivity contribution in [3.05, 3.63) is 59.7 Å². The van der Waals surface area contributed by atoms with Crippen LogP contribution in [-0.2, 0) is 20.7 Å². The standard InChI is InChI=1S/C26H30F5NO7/c1-3-36-22(23(33)34)17-19-9-11-20(12-10-19)37-16-14-32(13-6-15-38-26(30,31)25(27,28)29)24(35)39-21-8-5-4-7-18(21)2/h4-5,7-12,22H,3,6,13-17H2,1-2H3,(H,33,34). The molecule has 2 rings (SSSR count). The first kappa shape index (κ1) is 31.8. The van der Waals surface area contributed by atoms with E-state index in [4.69, 9.17) is 14.2 Å². The van der Waals surface area contributed by atoms with Gasteiger partial charge in [-0.05, 0) is 49.6 Å². The Morgan fingerprint density at radius 2 is 1.64 bits per heavy atom. The Morgan fingerprint density at radius 1 is 0.974 bits per heavy atom. The SMILES string of the molecule is CCOC(Cc1ccc(OCCN(CCCOC(F)(F)C(F)(F)F)C(=O)Oc2ccccc2C)cc1)C(=O)O. The summed E-state index contributed by atoms with van der Waals surface area (Å²) in [5.74, 6) is -0.416. The fourth-order valence-electron chi connectivity index (χ4n) is 3.29. The van der Waals surface area contributed by atoms with Crippen LogP contribution < -0.4 is 9.47 Å². The van der Waals surface area contributed by atoms with Gasteiger partial charge in [0.05, 0.1) is 13.2 Å². The molecule has 1 unspecified atom stereocenters. The van der Waals surface area contributed by atoms with E-state index >= 15 is 0 Å². The van der Waals surface area contributed by atoms with Gasteiger partial charge in [-0.3, -0.25) is 0 Å². The van der Waals surface area contributed by atoms with Crippen molar-refractivity contribution >= 4 is 12.1 Å². The van der Waals surface area contributed by atoms with Crippen molar-refractivity contribution in [2.45, 2.75) is 45.1 Å². The van der Waals surface area contributed by atoms with Gasteiger partial charge in [0.1, 0.15) is 18.1 Å². The molecule has 8 nitrogen and oxygen atoms in total. The van der Waals surface area contributed by atoms with Gasteiger partial charge in [0, 0.05) is 19.6 Å². The third-order valence-electron chi connectivity index (χ3n) is 5.35. The van der Waals surface area contributed by atoms with Crippen LogP contribution >= 0.6 is 0 Å². The van der Waals surface area contributed by atoms with Crippen molar-refractivity contribution in [1.82, 2.24) is 4.90 Å². The Kier molecular flexibility index (Phi) is 11.9. The second-order valence-corrected chi connectivity index (χ2v) is 8.32. The quantitative estimate of drug-likeness (QED) is 0.227. The number of carboxylic acid groups (broad SMARTS) is 1. The molecule has 0 heterocycles. The number of carbonyl (C=O) groups excluding carboxylic acids is 1. The molecule has 2 aromatic carbocycles. The van der Waals surface area contributed by atoms with E-state index in [9.17, 15) is 36.6 Å². The lowest BCUT2D eigenvalue weighted by atomic mass is 10.1. The lowest BCUT2D eigenvalue weighted by Gasteiger charge is -2.24. The van der Waals surface area contributed by atoms with Crippen molar-refractivity contribution in [3.63, 3.8) is 0 Å². The number of aryl methyl sites for hydroxylation is 1. The summed E-state index contributed by atoms with van der Waals surface area (Å²) in [6.45, 7) is 2.32. The Balaban J connectivity index is 1.97. The summed E-state index contributed by atoms with van der Waals surface area (Å²) in [6, 6.07) is 13.2. The third-order valence-corrected chi connectivity index (χ3v) is 5.35. The van der Waals surface area contributed by atoms with E-state index in [1.54, 1.807) is 62.4 Å². The number of nitrogens with zero attached hydrogens (tertiary/aromatic N) is 1. The minimum absolute atomic E-state index is 0.0571. The lowest BCUT2D eigenvalue weighted by molar-refractivity contribution is -0.391. The summed E-state index contributed by atoms with van der Waals surface area (Å²) in [7, 11) is 0. The summed E-state index contributed by atoms with van der Waals surface area (Å²) < 4.78 is 82.8. The Labute approximate surface area is 222 Å². The molecule has 1 amide bonds. The minimum atomic E-state index is -5.85. The highest BCUT2D eigenvalue weighted by Crippen LogP contribution is 2.36. The molecule has 0 saturated carbocycles. The van der Waals surface area contributed by atoms with Crippen LogP contribution in [0.2, 0.25) is 0 Å². The number of aliphatic carboxylic acids is 1. The zero-order valence-electron chi connectivity index (χ0n) is 21.4. The average molecular weight is 564 g/mol. The molecule has 0 aromatic heterocycles. The van der Waals surface area contributed by atoms with Gasteiger partial charge in [-0.1, -0.05) is 30.3 Å². The highest BCUT2D eigenvalue weighted by molar-refractivity contribution is 5.72. The van der Waals surface area contributed by atoms with Crippen LogP contribution in [0.15, 0.2) is 48.5 Å². The second kappa shape index (κ2) is 14.6. The number of rotatable bonds is 15. The van der Waals surface area contributed by atoms with E-state index in [1.807, 2.05) is 0 Å². The number of hydrogen-bond acceptors (Lipinski definition) is 6. The molecule has 0 spiro atoms. The molecule has 39 heavy (non-hydrogen) atoms. The molecule has 0 fully saturated rings. The zero-order chi connectivity index (χ0) is 29.1. The van der Waals surface area contributed by atoms with Gasteiger partial charge in [0.15, 0.2) is 6.10 Å². The summed E-state index contributed by atoms with van der Waals surface area (Å²) in [5.41, 5.74) is 1.35.